The van der Waals surface area contributed by atoms with Crippen LogP contribution >= 0.6 is 0 Å². The molecule has 0 amide bonds. The van der Waals surface area contributed by atoms with Gasteiger partial charge in [-0.15, -0.1) is 0 Å². The van der Waals surface area contributed by atoms with Gasteiger partial charge in [0.1, 0.15) is 11.9 Å². The molecule has 0 saturated carbocycles. The van der Waals surface area contributed by atoms with E-state index in [0.29, 0.717) is 30.8 Å². The highest BCUT2D eigenvalue weighted by Gasteiger charge is 2.18. The van der Waals surface area contributed by atoms with Crippen LogP contribution in [-0.2, 0) is 14.3 Å². The molecule has 0 aliphatic rings. The number of rotatable bonds is 8. The SMILES string of the molecule is COCCCC(Nc1cc(C(=O)OC)ccn1)C(=O)O. The van der Waals surface area contributed by atoms with Crippen molar-refractivity contribution >= 4 is 17.8 Å². The van der Waals surface area contributed by atoms with Gasteiger partial charge in [0.05, 0.1) is 12.7 Å². The lowest BCUT2D eigenvalue weighted by Gasteiger charge is -2.15. The molecule has 20 heavy (non-hydrogen) atoms. The van der Waals surface area contributed by atoms with Gasteiger partial charge in [-0.05, 0) is 25.0 Å². The lowest BCUT2D eigenvalue weighted by molar-refractivity contribution is -0.138. The fourth-order valence-corrected chi connectivity index (χ4v) is 1.62. The Morgan fingerprint density at radius 1 is 1.45 bits per heavy atom. The van der Waals surface area contributed by atoms with E-state index in [9.17, 15) is 9.59 Å². The summed E-state index contributed by atoms with van der Waals surface area (Å²) < 4.78 is 9.49. The van der Waals surface area contributed by atoms with E-state index >= 15 is 0 Å². The van der Waals surface area contributed by atoms with E-state index in [1.807, 2.05) is 0 Å². The third-order valence-electron chi connectivity index (χ3n) is 2.64. The first kappa shape index (κ1) is 15.9. The van der Waals surface area contributed by atoms with Gasteiger partial charge in [-0.2, -0.15) is 0 Å². The molecule has 1 heterocycles. The van der Waals surface area contributed by atoms with Gasteiger partial charge in [0.2, 0.25) is 0 Å². The first-order chi connectivity index (χ1) is 9.58. The fraction of sp³-hybridized carbons (Fsp3) is 0.462. The molecule has 0 aliphatic heterocycles. The normalized spacial score (nSPS) is 11.7. The Bertz CT molecular complexity index is 464. The number of aromatic nitrogens is 1. The van der Waals surface area contributed by atoms with Crippen LogP contribution in [-0.4, -0.2) is 48.9 Å². The van der Waals surface area contributed by atoms with E-state index in [4.69, 9.17) is 9.84 Å². The Labute approximate surface area is 116 Å². The van der Waals surface area contributed by atoms with Crippen molar-refractivity contribution in [1.29, 1.82) is 0 Å². The monoisotopic (exact) mass is 282 g/mol. The van der Waals surface area contributed by atoms with Crippen LogP contribution in [0.4, 0.5) is 5.82 Å². The maximum Gasteiger partial charge on any atom is 0.338 e. The third-order valence-corrected chi connectivity index (χ3v) is 2.64. The van der Waals surface area contributed by atoms with Crippen LogP contribution in [0, 0.1) is 0 Å². The number of hydrogen-bond acceptors (Lipinski definition) is 6. The van der Waals surface area contributed by atoms with Crippen molar-refractivity contribution in [2.45, 2.75) is 18.9 Å². The van der Waals surface area contributed by atoms with Crippen molar-refractivity contribution in [3.05, 3.63) is 23.9 Å². The number of hydrogen-bond donors (Lipinski definition) is 2. The lowest BCUT2D eigenvalue weighted by atomic mass is 10.1. The summed E-state index contributed by atoms with van der Waals surface area (Å²) in [5.74, 6) is -1.16. The molecule has 1 aromatic rings. The van der Waals surface area contributed by atoms with Gasteiger partial charge in [-0.3, -0.25) is 0 Å². The molecule has 0 spiro atoms. The Hall–Kier alpha value is -2.15. The van der Waals surface area contributed by atoms with E-state index in [1.165, 1.54) is 25.4 Å². The number of carbonyl (C=O) groups is 2. The van der Waals surface area contributed by atoms with Crippen LogP contribution < -0.4 is 5.32 Å². The largest absolute Gasteiger partial charge is 0.480 e. The van der Waals surface area contributed by atoms with Gasteiger partial charge in [-0.1, -0.05) is 0 Å². The molecule has 0 aromatic carbocycles. The van der Waals surface area contributed by atoms with Crippen molar-refractivity contribution in [3.8, 4) is 0 Å². The molecule has 0 bridgehead atoms. The van der Waals surface area contributed by atoms with Gasteiger partial charge in [0.25, 0.3) is 0 Å². The van der Waals surface area contributed by atoms with Gasteiger partial charge >= 0.3 is 11.9 Å². The molecule has 0 aliphatic carbocycles. The van der Waals surface area contributed by atoms with Crippen LogP contribution in [0.5, 0.6) is 0 Å². The zero-order valence-corrected chi connectivity index (χ0v) is 11.5. The standard InChI is InChI=1S/C13H18N2O5/c1-19-7-3-4-10(12(16)17)15-11-8-9(5-6-14-11)13(18)20-2/h5-6,8,10H,3-4,7H2,1-2H3,(H,14,15)(H,16,17). The topological polar surface area (TPSA) is 97.8 Å². The van der Waals surface area contributed by atoms with Gasteiger partial charge in [0, 0.05) is 19.9 Å². The van der Waals surface area contributed by atoms with Gasteiger partial charge < -0.3 is 19.9 Å². The van der Waals surface area contributed by atoms with Crippen LogP contribution in [0.3, 0.4) is 0 Å². The average molecular weight is 282 g/mol. The Balaban J connectivity index is 2.73. The Morgan fingerprint density at radius 3 is 2.80 bits per heavy atom. The molecule has 1 rings (SSSR count). The average Bonchev–Trinajstić information content (AvgIpc) is 2.45. The smallest absolute Gasteiger partial charge is 0.338 e. The second-order valence-electron chi connectivity index (χ2n) is 4.09. The number of esters is 1. The maximum absolute atomic E-state index is 11.4. The highest BCUT2D eigenvalue weighted by atomic mass is 16.5. The van der Waals surface area contributed by atoms with Crippen molar-refractivity contribution < 1.29 is 24.2 Å². The summed E-state index contributed by atoms with van der Waals surface area (Å²) in [6.45, 7) is 0.487. The summed E-state index contributed by atoms with van der Waals surface area (Å²) in [4.78, 5) is 26.5. The molecule has 1 atom stereocenters. The molecule has 1 aromatic heterocycles. The van der Waals surface area contributed by atoms with E-state index in [-0.39, 0.29) is 0 Å². The number of pyridine rings is 1. The zero-order valence-electron chi connectivity index (χ0n) is 11.5. The number of aliphatic carboxylic acids is 1. The number of ether oxygens (including phenoxy) is 2. The van der Waals surface area contributed by atoms with Gasteiger partial charge in [-0.25, -0.2) is 14.6 Å². The number of methoxy groups -OCH3 is 2. The van der Waals surface area contributed by atoms with Crippen LogP contribution in [0.25, 0.3) is 0 Å². The number of nitrogens with one attached hydrogen (secondary N) is 1. The van der Waals surface area contributed by atoms with E-state index in [2.05, 4.69) is 15.0 Å². The van der Waals surface area contributed by atoms with E-state index in [0.717, 1.165) is 0 Å². The molecule has 7 nitrogen and oxygen atoms in total. The minimum atomic E-state index is -0.980. The fourth-order valence-electron chi connectivity index (χ4n) is 1.62. The van der Waals surface area contributed by atoms with Crippen LogP contribution in [0.2, 0.25) is 0 Å². The first-order valence-electron chi connectivity index (χ1n) is 6.11. The van der Waals surface area contributed by atoms with E-state index in [1.54, 1.807) is 7.11 Å². The predicted molar refractivity (Wildman–Crippen MR) is 71.7 cm³/mol. The van der Waals surface area contributed by atoms with Gasteiger partial charge in [0.15, 0.2) is 0 Å². The number of carboxylic acid groups (broad SMARTS) is 1. The molecular formula is C13H18N2O5. The minimum absolute atomic E-state index is 0.311. The molecule has 0 fully saturated rings. The van der Waals surface area contributed by atoms with Crippen molar-refractivity contribution in [1.82, 2.24) is 4.98 Å². The first-order valence-corrected chi connectivity index (χ1v) is 6.11. The molecule has 0 saturated heterocycles. The highest BCUT2D eigenvalue weighted by molar-refractivity contribution is 5.90. The highest BCUT2D eigenvalue weighted by Crippen LogP contribution is 2.11. The molecular weight excluding hydrogens is 264 g/mol. The van der Waals surface area contributed by atoms with Crippen LogP contribution in [0.15, 0.2) is 18.3 Å². The van der Waals surface area contributed by atoms with Crippen molar-refractivity contribution in [2.75, 3.05) is 26.1 Å². The number of carbonyl (C=O) groups excluding carboxylic acids is 1. The third kappa shape index (κ3) is 4.85. The summed E-state index contributed by atoms with van der Waals surface area (Å²) >= 11 is 0. The number of anilines is 1. The quantitative estimate of drug-likeness (QED) is 0.545. The number of carboxylic acids is 1. The molecule has 110 valence electrons. The maximum atomic E-state index is 11.4. The van der Waals surface area contributed by atoms with E-state index < -0.39 is 18.0 Å². The second kappa shape index (κ2) is 8.11. The zero-order chi connectivity index (χ0) is 15.0. The minimum Gasteiger partial charge on any atom is -0.480 e. The van der Waals surface area contributed by atoms with Crippen LogP contribution in [0.1, 0.15) is 23.2 Å². The molecule has 1 unspecified atom stereocenters. The molecule has 2 N–H and O–H groups in total. The summed E-state index contributed by atoms with van der Waals surface area (Å²) in [5.41, 5.74) is 0.311. The summed E-state index contributed by atoms with van der Waals surface area (Å²) in [5, 5.41) is 11.9. The van der Waals surface area contributed by atoms with Crippen molar-refractivity contribution in [3.63, 3.8) is 0 Å². The summed E-state index contributed by atoms with van der Waals surface area (Å²) in [6.07, 6.45) is 2.42. The Kier molecular flexibility index (Phi) is 6.45. The lowest BCUT2D eigenvalue weighted by Crippen LogP contribution is -2.30. The summed E-state index contributed by atoms with van der Waals surface area (Å²) in [7, 11) is 2.84. The predicted octanol–water partition coefficient (Wildman–Crippen LogP) is 1.16. The second-order valence-corrected chi connectivity index (χ2v) is 4.09. The summed E-state index contributed by atoms with van der Waals surface area (Å²) in [6, 6.07) is 2.17. The Morgan fingerprint density at radius 2 is 2.20 bits per heavy atom. The molecule has 7 heteroatoms. The number of nitrogens with zero attached hydrogens (tertiary/aromatic N) is 1. The molecule has 0 radical (unpaired) electrons. The van der Waals surface area contributed by atoms with Crippen molar-refractivity contribution in [2.24, 2.45) is 0 Å².